The maximum atomic E-state index is 6.13. The van der Waals surface area contributed by atoms with Gasteiger partial charge in [-0.15, -0.1) is 16.9 Å². The first kappa shape index (κ1) is 15.5. The van der Waals surface area contributed by atoms with Crippen molar-refractivity contribution in [1.29, 1.82) is 0 Å². The molecule has 7 heteroatoms. The summed E-state index contributed by atoms with van der Waals surface area (Å²) in [5, 5.41) is 9.40. The Morgan fingerprint density at radius 1 is 1.35 bits per heavy atom. The van der Waals surface area contributed by atoms with Crippen molar-refractivity contribution in [3.8, 4) is 0 Å². The molecule has 0 atom stereocenters. The van der Waals surface area contributed by atoms with E-state index in [-0.39, 0.29) is 0 Å². The lowest BCUT2D eigenvalue weighted by Crippen LogP contribution is -2.09. The minimum Gasteiger partial charge on any atom is -0.381 e. The number of anilines is 1. The number of aryl methyl sites for hydroxylation is 1. The SMILES string of the molecule is CC(C)c1c(N)nnn1CCSc1cc(Cl)ccc1Cl. The molecular weight excluding hydrogens is 315 g/mol. The van der Waals surface area contributed by atoms with Gasteiger partial charge in [0.05, 0.1) is 17.3 Å². The number of nitrogen functional groups attached to an aromatic ring is 1. The molecule has 1 heterocycles. The van der Waals surface area contributed by atoms with E-state index < -0.39 is 0 Å². The van der Waals surface area contributed by atoms with Gasteiger partial charge in [0.25, 0.3) is 0 Å². The predicted octanol–water partition coefficient (Wildman–Crippen LogP) is 4.08. The van der Waals surface area contributed by atoms with Gasteiger partial charge in [-0.2, -0.15) is 0 Å². The van der Waals surface area contributed by atoms with Crippen molar-refractivity contribution in [1.82, 2.24) is 15.0 Å². The van der Waals surface area contributed by atoms with Gasteiger partial charge in [-0.25, -0.2) is 4.68 Å². The summed E-state index contributed by atoms with van der Waals surface area (Å²) in [6.07, 6.45) is 0. The van der Waals surface area contributed by atoms with Crippen molar-refractivity contribution in [2.45, 2.75) is 31.2 Å². The lowest BCUT2D eigenvalue weighted by molar-refractivity contribution is 0.584. The Kier molecular flexibility index (Phi) is 5.18. The number of thioether (sulfide) groups is 1. The van der Waals surface area contributed by atoms with Crippen LogP contribution in [0.3, 0.4) is 0 Å². The largest absolute Gasteiger partial charge is 0.381 e. The molecular formula is C13H16Cl2N4S. The highest BCUT2D eigenvalue weighted by molar-refractivity contribution is 7.99. The molecule has 0 aliphatic rings. The Morgan fingerprint density at radius 3 is 2.80 bits per heavy atom. The number of aromatic nitrogens is 3. The van der Waals surface area contributed by atoms with Crippen LogP contribution in [0.15, 0.2) is 23.1 Å². The minimum absolute atomic E-state index is 0.296. The van der Waals surface area contributed by atoms with Crippen molar-refractivity contribution in [2.24, 2.45) is 0 Å². The molecule has 2 aromatic rings. The van der Waals surface area contributed by atoms with Gasteiger partial charge in [0.15, 0.2) is 5.82 Å². The van der Waals surface area contributed by atoms with Crippen LogP contribution in [0, 0.1) is 0 Å². The van der Waals surface area contributed by atoms with Crippen LogP contribution in [0.1, 0.15) is 25.5 Å². The Labute approximate surface area is 132 Å². The zero-order valence-corrected chi connectivity index (χ0v) is 13.6. The summed E-state index contributed by atoms with van der Waals surface area (Å²) in [5.74, 6) is 1.62. The Balaban J connectivity index is 2.01. The Morgan fingerprint density at radius 2 is 2.10 bits per heavy atom. The van der Waals surface area contributed by atoms with Crippen LogP contribution < -0.4 is 5.73 Å². The van der Waals surface area contributed by atoms with Crippen molar-refractivity contribution in [3.63, 3.8) is 0 Å². The molecule has 0 unspecified atom stereocenters. The van der Waals surface area contributed by atoms with Gasteiger partial charge in [-0.05, 0) is 24.1 Å². The monoisotopic (exact) mass is 330 g/mol. The van der Waals surface area contributed by atoms with Crippen molar-refractivity contribution in [3.05, 3.63) is 33.9 Å². The normalized spacial score (nSPS) is 11.2. The van der Waals surface area contributed by atoms with Crippen molar-refractivity contribution in [2.75, 3.05) is 11.5 Å². The maximum Gasteiger partial charge on any atom is 0.169 e. The smallest absolute Gasteiger partial charge is 0.169 e. The highest BCUT2D eigenvalue weighted by atomic mass is 35.5. The molecule has 0 saturated heterocycles. The number of hydrogen-bond acceptors (Lipinski definition) is 4. The van der Waals surface area contributed by atoms with Crippen LogP contribution in [-0.2, 0) is 6.54 Å². The number of benzene rings is 1. The number of nitrogens with two attached hydrogens (primary N) is 1. The second-order valence-corrected chi connectivity index (χ2v) is 6.64. The van der Waals surface area contributed by atoms with Gasteiger partial charge in [0.2, 0.25) is 0 Å². The molecule has 1 aromatic heterocycles. The summed E-state index contributed by atoms with van der Waals surface area (Å²) in [6.45, 7) is 4.88. The summed E-state index contributed by atoms with van der Waals surface area (Å²) in [4.78, 5) is 0.971. The second kappa shape index (κ2) is 6.70. The molecule has 2 N–H and O–H groups in total. The van der Waals surface area contributed by atoms with E-state index in [1.807, 2.05) is 10.7 Å². The Hall–Kier alpha value is -0.910. The van der Waals surface area contributed by atoms with Gasteiger partial charge in [-0.1, -0.05) is 42.3 Å². The first-order chi connectivity index (χ1) is 9.49. The molecule has 0 bridgehead atoms. The van der Waals surface area contributed by atoms with Gasteiger partial charge in [0.1, 0.15) is 0 Å². The van der Waals surface area contributed by atoms with Crippen LogP contribution in [0.2, 0.25) is 10.0 Å². The zero-order valence-electron chi connectivity index (χ0n) is 11.3. The fraction of sp³-hybridized carbons (Fsp3) is 0.385. The van der Waals surface area contributed by atoms with Gasteiger partial charge < -0.3 is 5.73 Å². The summed E-state index contributed by atoms with van der Waals surface area (Å²) in [7, 11) is 0. The third kappa shape index (κ3) is 3.59. The average Bonchev–Trinajstić information content (AvgIpc) is 2.75. The molecule has 0 aliphatic heterocycles. The molecule has 2 rings (SSSR count). The molecule has 0 spiro atoms. The van der Waals surface area contributed by atoms with Crippen LogP contribution in [-0.4, -0.2) is 20.7 Å². The van der Waals surface area contributed by atoms with Gasteiger partial charge in [-0.3, -0.25) is 0 Å². The quantitative estimate of drug-likeness (QED) is 0.839. The fourth-order valence-electron chi connectivity index (χ4n) is 1.92. The summed E-state index contributed by atoms with van der Waals surface area (Å²) in [5.41, 5.74) is 6.80. The molecule has 4 nitrogen and oxygen atoms in total. The lowest BCUT2D eigenvalue weighted by atomic mass is 10.1. The van der Waals surface area contributed by atoms with E-state index >= 15 is 0 Å². The maximum absolute atomic E-state index is 6.13. The molecule has 0 radical (unpaired) electrons. The topological polar surface area (TPSA) is 56.7 Å². The van der Waals surface area contributed by atoms with E-state index in [0.717, 1.165) is 22.9 Å². The van der Waals surface area contributed by atoms with Gasteiger partial charge in [0, 0.05) is 15.7 Å². The van der Waals surface area contributed by atoms with E-state index in [2.05, 4.69) is 24.2 Å². The summed E-state index contributed by atoms with van der Waals surface area (Å²) < 4.78 is 1.85. The first-order valence-electron chi connectivity index (χ1n) is 6.25. The molecule has 108 valence electrons. The van der Waals surface area contributed by atoms with Crippen LogP contribution >= 0.6 is 35.0 Å². The summed E-state index contributed by atoms with van der Waals surface area (Å²) in [6, 6.07) is 5.45. The number of halogens is 2. The number of hydrogen-bond donors (Lipinski definition) is 1. The van der Waals surface area contributed by atoms with E-state index in [0.29, 0.717) is 21.8 Å². The average molecular weight is 331 g/mol. The van der Waals surface area contributed by atoms with Crippen LogP contribution in [0.5, 0.6) is 0 Å². The van der Waals surface area contributed by atoms with E-state index in [9.17, 15) is 0 Å². The highest BCUT2D eigenvalue weighted by Gasteiger charge is 2.13. The molecule has 0 fully saturated rings. The first-order valence-corrected chi connectivity index (χ1v) is 8.00. The van der Waals surface area contributed by atoms with Crippen LogP contribution in [0.4, 0.5) is 5.82 Å². The predicted molar refractivity (Wildman–Crippen MR) is 85.7 cm³/mol. The summed E-state index contributed by atoms with van der Waals surface area (Å²) >= 11 is 13.7. The van der Waals surface area contributed by atoms with E-state index in [4.69, 9.17) is 28.9 Å². The number of nitrogens with zero attached hydrogens (tertiary/aromatic N) is 3. The third-order valence-electron chi connectivity index (χ3n) is 2.80. The fourth-order valence-corrected chi connectivity index (χ4v) is 3.34. The Bertz CT molecular complexity index is 598. The standard InChI is InChI=1S/C13H16Cl2N4S/c1-8(2)12-13(16)17-18-19(12)5-6-20-11-7-9(14)3-4-10(11)15/h3-4,7-8H,5-6,16H2,1-2H3. The minimum atomic E-state index is 0.296. The van der Waals surface area contributed by atoms with Crippen molar-refractivity contribution >= 4 is 40.8 Å². The molecule has 0 saturated carbocycles. The lowest BCUT2D eigenvalue weighted by Gasteiger charge is -2.10. The van der Waals surface area contributed by atoms with E-state index in [1.54, 1.807) is 23.9 Å². The number of rotatable bonds is 5. The van der Waals surface area contributed by atoms with E-state index in [1.165, 1.54) is 0 Å². The third-order valence-corrected chi connectivity index (χ3v) is 4.51. The molecule has 0 aliphatic carbocycles. The molecule has 1 aromatic carbocycles. The molecule has 20 heavy (non-hydrogen) atoms. The zero-order chi connectivity index (χ0) is 14.7. The van der Waals surface area contributed by atoms with Gasteiger partial charge >= 0.3 is 0 Å². The second-order valence-electron chi connectivity index (χ2n) is 4.66. The molecule has 0 amide bonds. The highest BCUT2D eigenvalue weighted by Crippen LogP contribution is 2.30. The van der Waals surface area contributed by atoms with Crippen LogP contribution in [0.25, 0.3) is 0 Å². The van der Waals surface area contributed by atoms with Crippen molar-refractivity contribution < 1.29 is 0 Å².